The van der Waals surface area contributed by atoms with Crippen LogP contribution in [0.25, 0.3) is 22.2 Å². The standard InChI is InChI=1S/C24H24FN5O/c25-10-13-31-19-8-9-20-21(14-19)30(15-16-2-3-16)23(22(20)26)17-4-6-18(7-5-17)29-24-27-11-1-12-28-24/h1,4-9,11-12,14,16H,2-3,10,13,15,26H2,(H,27,28,29). The Balaban J connectivity index is 1.52. The number of rotatable bonds is 8. The Kier molecular flexibility index (Phi) is 5.16. The minimum atomic E-state index is -0.511. The lowest BCUT2D eigenvalue weighted by Gasteiger charge is -2.12. The van der Waals surface area contributed by atoms with Crippen molar-refractivity contribution >= 4 is 28.2 Å². The van der Waals surface area contributed by atoms with Crippen LogP contribution in [-0.4, -0.2) is 27.8 Å². The van der Waals surface area contributed by atoms with Crippen molar-refractivity contribution in [3.63, 3.8) is 0 Å². The number of aromatic nitrogens is 3. The molecular weight excluding hydrogens is 393 g/mol. The van der Waals surface area contributed by atoms with Crippen LogP contribution in [0.3, 0.4) is 0 Å². The van der Waals surface area contributed by atoms with E-state index in [-0.39, 0.29) is 6.61 Å². The van der Waals surface area contributed by atoms with Gasteiger partial charge in [0.1, 0.15) is 19.0 Å². The van der Waals surface area contributed by atoms with Crippen LogP contribution < -0.4 is 15.8 Å². The van der Waals surface area contributed by atoms with E-state index in [9.17, 15) is 4.39 Å². The third-order valence-electron chi connectivity index (χ3n) is 5.54. The fraction of sp³-hybridized carbons (Fsp3) is 0.250. The summed E-state index contributed by atoms with van der Waals surface area (Å²) in [4.78, 5) is 8.40. The number of fused-ring (bicyclic) bond motifs is 1. The number of nitrogens with two attached hydrogens (primary N) is 1. The zero-order valence-corrected chi connectivity index (χ0v) is 17.1. The summed E-state index contributed by atoms with van der Waals surface area (Å²) in [6.07, 6.45) is 5.87. The van der Waals surface area contributed by atoms with Crippen molar-refractivity contribution < 1.29 is 9.13 Å². The molecule has 0 atom stereocenters. The lowest BCUT2D eigenvalue weighted by molar-refractivity contribution is 0.273. The van der Waals surface area contributed by atoms with Gasteiger partial charge in [0.25, 0.3) is 0 Å². The van der Waals surface area contributed by atoms with E-state index in [0.717, 1.165) is 40.1 Å². The molecule has 4 aromatic rings. The molecule has 1 aliphatic carbocycles. The SMILES string of the molecule is Nc1c(-c2ccc(Nc3ncccn3)cc2)n(CC2CC2)c2cc(OCCF)ccc12. The molecule has 31 heavy (non-hydrogen) atoms. The number of anilines is 3. The van der Waals surface area contributed by atoms with E-state index in [1.807, 2.05) is 30.3 Å². The van der Waals surface area contributed by atoms with E-state index in [1.54, 1.807) is 18.5 Å². The van der Waals surface area contributed by atoms with Gasteiger partial charge in [-0.2, -0.15) is 0 Å². The number of benzene rings is 2. The zero-order valence-electron chi connectivity index (χ0n) is 17.1. The highest BCUT2D eigenvalue weighted by Gasteiger charge is 2.26. The van der Waals surface area contributed by atoms with E-state index in [0.29, 0.717) is 17.6 Å². The minimum absolute atomic E-state index is 0.0524. The average Bonchev–Trinajstić information content (AvgIpc) is 3.58. The number of nitrogens with zero attached hydrogens (tertiary/aromatic N) is 3. The normalized spacial score (nSPS) is 13.5. The summed E-state index contributed by atoms with van der Waals surface area (Å²) in [6, 6.07) is 15.7. The molecule has 1 fully saturated rings. The lowest BCUT2D eigenvalue weighted by Crippen LogP contribution is -2.03. The number of halogens is 1. The molecule has 0 radical (unpaired) electrons. The van der Waals surface area contributed by atoms with Gasteiger partial charge in [-0.25, -0.2) is 14.4 Å². The number of hydrogen-bond acceptors (Lipinski definition) is 5. The molecule has 0 unspecified atom stereocenters. The van der Waals surface area contributed by atoms with Crippen molar-refractivity contribution in [1.82, 2.24) is 14.5 Å². The van der Waals surface area contributed by atoms with Crippen molar-refractivity contribution in [2.45, 2.75) is 19.4 Å². The van der Waals surface area contributed by atoms with Gasteiger partial charge >= 0.3 is 0 Å². The monoisotopic (exact) mass is 417 g/mol. The molecule has 2 heterocycles. The van der Waals surface area contributed by atoms with E-state index < -0.39 is 6.67 Å². The Hall–Kier alpha value is -3.61. The molecule has 6 nitrogen and oxygen atoms in total. The maximum atomic E-state index is 12.5. The maximum absolute atomic E-state index is 12.5. The Bertz CT molecular complexity index is 1190. The summed E-state index contributed by atoms with van der Waals surface area (Å²) < 4.78 is 20.4. The van der Waals surface area contributed by atoms with Gasteiger partial charge in [-0.1, -0.05) is 12.1 Å². The quantitative estimate of drug-likeness (QED) is 0.413. The molecule has 0 spiro atoms. The molecule has 1 saturated carbocycles. The van der Waals surface area contributed by atoms with Crippen LogP contribution in [0.4, 0.5) is 21.7 Å². The first-order chi connectivity index (χ1) is 15.2. The highest BCUT2D eigenvalue weighted by molar-refractivity contribution is 6.01. The van der Waals surface area contributed by atoms with Crippen molar-refractivity contribution in [3.05, 3.63) is 60.9 Å². The van der Waals surface area contributed by atoms with Crippen molar-refractivity contribution in [1.29, 1.82) is 0 Å². The van der Waals surface area contributed by atoms with Crippen LogP contribution in [0.1, 0.15) is 12.8 Å². The number of hydrogen-bond donors (Lipinski definition) is 2. The van der Waals surface area contributed by atoms with E-state index in [2.05, 4.69) is 32.0 Å². The first-order valence-corrected chi connectivity index (χ1v) is 10.5. The predicted octanol–water partition coefficient (Wildman–Crippen LogP) is 5.18. The minimum Gasteiger partial charge on any atom is -0.491 e. The van der Waals surface area contributed by atoms with E-state index in [4.69, 9.17) is 10.5 Å². The molecule has 0 aliphatic heterocycles. The fourth-order valence-electron chi connectivity index (χ4n) is 3.87. The largest absolute Gasteiger partial charge is 0.491 e. The molecule has 2 aromatic carbocycles. The van der Waals surface area contributed by atoms with Crippen LogP contribution >= 0.6 is 0 Å². The van der Waals surface area contributed by atoms with Gasteiger partial charge in [-0.3, -0.25) is 0 Å². The molecule has 158 valence electrons. The molecule has 5 rings (SSSR count). The fourth-order valence-corrected chi connectivity index (χ4v) is 3.87. The third-order valence-corrected chi connectivity index (χ3v) is 5.54. The molecule has 0 amide bonds. The Morgan fingerprint density at radius 2 is 1.87 bits per heavy atom. The average molecular weight is 417 g/mol. The Morgan fingerprint density at radius 1 is 1.10 bits per heavy atom. The second-order valence-corrected chi connectivity index (χ2v) is 7.81. The molecule has 0 bridgehead atoms. The zero-order chi connectivity index (χ0) is 21.2. The van der Waals surface area contributed by atoms with Crippen LogP contribution in [-0.2, 0) is 6.54 Å². The summed E-state index contributed by atoms with van der Waals surface area (Å²) in [6.45, 7) is 0.452. The van der Waals surface area contributed by atoms with Gasteiger partial charge < -0.3 is 20.4 Å². The van der Waals surface area contributed by atoms with Crippen molar-refractivity contribution in [2.75, 3.05) is 24.3 Å². The number of alkyl halides is 1. The van der Waals surface area contributed by atoms with Crippen molar-refractivity contribution in [3.8, 4) is 17.0 Å². The second kappa shape index (κ2) is 8.26. The van der Waals surface area contributed by atoms with Gasteiger partial charge in [0.2, 0.25) is 5.95 Å². The van der Waals surface area contributed by atoms with Crippen LogP contribution in [0.5, 0.6) is 5.75 Å². The summed E-state index contributed by atoms with van der Waals surface area (Å²) in [5, 5.41) is 4.19. The van der Waals surface area contributed by atoms with Gasteiger partial charge in [0, 0.05) is 41.6 Å². The number of ether oxygens (including phenoxy) is 1. The maximum Gasteiger partial charge on any atom is 0.227 e. The van der Waals surface area contributed by atoms with E-state index in [1.165, 1.54) is 12.8 Å². The molecule has 7 heteroatoms. The van der Waals surface area contributed by atoms with Gasteiger partial charge in [-0.05, 0) is 49.1 Å². The van der Waals surface area contributed by atoms with Gasteiger partial charge in [-0.15, -0.1) is 0 Å². The molecule has 1 aliphatic rings. The van der Waals surface area contributed by atoms with Crippen LogP contribution in [0.15, 0.2) is 60.9 Å². The summed E-state index contributed by atoms with van der Waals surface area (Å²) >= 11 is 0. The molecule has 2 aromatic heterocycles. The first kappa shape index (κ1) is 19.4. The predicted molar refractivity (Wildman–Crippen MR) is 121 cm³/mol. The number of nitrogen functional groups attached to an aromatic ring is 1. The van der Waals surface area contributed by atoms with Gasteiger partial charge in [0.05, 0.1) is 16.9 Å². The first-order valence-electron chi connectivity index (χ1n) is 10.5. The van der Waals surface area contributed by atoms with Crippen LogP contribution in [0, 0.1) is 5.92 Å². The van der Waals surface area contributed by atoms with Crippen molar-refractivity contribution in [2.24, 2.45) is 5.92 Å². The second-order valence-electron chi connectivity index (χ2n) is 7.81. The molecule has 0 saturated heterocycles. The van der Waals surface area contributed by atoms with Gasteiger partial charge in [0.15, 0.2) is 0 Å². The lowest BCUT2D eigenvalue weighted by atomic mass is 10.1. The topological polar surface area (TPSA) is 78.0 Å². The number of nitrogens with one attached hydrogen (secondary N) is 1. The molecular formula is C24H24FN5O. The van der Waals surface area contributed by atoms with Crippen LogP contribution in [0.2, 0.25) is 0 Å². The Morgan fingerprint density at radius 3 is 2.58 bits per heavy atom. The summed E-state index contributed by atoms with van der Waals surface area (Å²) in [5.74, 6) is 1.88. The highest BCUT2D eigenvalue weighted by Crippen LogP contribution is 2.41. The van der Waals surface area contributed by atoms with E-state index >= 15 is 0 Å². The third kappa shape index (κ3) is 4.03. The summed E-state index contributed by atoms with van der Waals surface area (Å²) in [5.41, 5.74) is 11.3. The molecule has 3 N–H and O–H groups in total. The summed E-state index contributed by atoms with van der Waals surface area (Å²) in [7, 11) is 0. The highest BCUT2D eigenvalue weighted by atomic mass is 19.1. The Labute approximate surface area is 179 Å². The smallest absolute Gasteiger partial charge is 0.227 e.